The Labute approximate surface area is 182 Å². The SMILES string of the molecule is NNC(=O)c1cccc(NC(=O)c2cccc(C(=O)Nc3cccc(C(=O)NN)c3)c2)c1. The molecule has 32 heavy (non-hydrogen) atoms. The Morgan fingerprint density at radius 3 is 1.22 bits per heavy atom. The van der Waals surface area contributed by atoms with E-state index in [4.69, 9.17) is 11.7 Å². The molecule has 0 aromatic heterocycles. The highest BCUT2D eigenvalue weighted by Gasteiger charge is 2.13. The molecule has 3 aromatic rings. The Morgan fingerprint density at radius 2 is 0.844 bits per heavy atom. The first kappa shape index (κ1) is 22.2. The van der Waals surface area contributed by atoms with Gasteiger partial charge in [-0.1, -0.05) is 18.2 Å². The minimum atomic E-state index is -0.493. The van der Waals surface area contributed by atoms with Crippen LogP contribution in [0, 0.1) is 0 Å². The lowest BCUT2D eigenvalue weighted by atomic mass is 10.1. The molecule has 0 saturated carbocycles. The number of carbonyl (C=O) groups is 4. The first-order chi connectivity index (χ1) is 15.4. The third-order valence-electron chi connectivity index (χ3n) is 4.41. The van der Waals surface area contributed by atoms with Gasteiger partial charge in [-0.15, -0.1) is 0 Å². The van der Waals surface area contributed by atoms with Crippen LogP contribution in [0.2, 0.25) is 0 Å². The van der Waals surface area contributed by atoms with Gasteiger partial charge in [0.15, 0.2) is 0 Å². The van der Waals surface area contributed by atoms with Gasteiger partial charge in [-0.05, 0) is 54.6 Å². The van der Waals surface area contributed by atoms with Gasteiger partial charge < -0.3 is 10.6 Å². The Kier molecular flexibility index (Phi) is 6.91. The Bertz CT molecular complexity index is 1110. The van der Waals surface area contributed by atoms with E-state index in [9.17, 15) is 19.2 Å². The zero-order chi connectivity index (χ0) is 23.1. The molecule has 162 valence electrons. The van der Waals surface area contributed by atoms with Crippen LogP contribution in [-0.4, -0.2) is 23.6 Å². The molecule has 0 radical (unpaired) electrons. The van der Waals surface area contributed by atoms with E-state index in [-0.39, 0.29) is 22.3 Å². The van der Waals surface area contributed by atoms with Gasteiger partial charge in [0, 0.05) is 33.6 Å². The maximum Gasteiger partial charge on any atom is 0.265 e. The van der Waals surface area contributed by atoms with Gasteiger partial charge in [0.1, 0.15) is 0 Å². The van der Waals surface area contributed by atoms with Gasteiger partial charge >= 0.3 is 0 Å². The molecule has 4 amide bonds. The standard InChI is InChI=1S/C22H20N6O4/c23-27-21(31)15-6-2-8-17(11-15)25-19(29)13-4-1-5-14(10-13)20(30)26-18-9-3-7-16(12-18)22(32)28-24/h1-12H,23-24H2,(H,25,29)(H,26,30)(H,27,31)(H,28,32). The smallest absolute Gasteiger partial charge is 0.265 e. The van der Waals surface area contributed by atoms with Gasteiger partial charge in [-0.25, -0.2) is 11.7 Å². The summed E-state index contributed by atoms with van der Waals surface area (Å²) in [6.07, 6.45) is 0. The van der Waals surface area contributed by atoms with Gasteiger partial charge in [-0.3, -0.25) is 30.0 Å². The Morgan fingerprint density at radius 1 is 0.500 bits per heavy atom. The van der Waals surface area contributed by atoms with Crippen molar-refractivity contribution in [2.24, 2.45) is 11.7 Å². The highest BCUT2D eigenvalue weighted by atomic mass is 16.2. The van der Waals surface area contributed by atoms with E-state index in [1.807, 2.05) is 10.9 Å². The summed E-state index contributed by atoms with van der Waals surface area (Å²) in [5.74, 6) is 8.34. The molecule has 0 unspecified atom stereocenters. The minimum absolute atomic E-state index is 0.239. The van der Waals surface area contributed by atoms with Crippen molar-refractivity contribution in [1.82, 2.24) is 10.9 Å². The number of nitrogens with one attached hydrogen (secondary N) is 4. The molecule has 0 bridgehead atoms. The summed E-state index contributed by atoms with van der Waals surface area (Å²) in [6.45, 7) is 0. The Balaban J connectivity index is 1.73. The summed E-state index contributed by atoms with van der Waals surface area (Å²) in [7, 11) is 0. The van der Waals surface area contributed by atoms with E-state index in [1.54, 1.807) is 54.6 Å². The highest BCUT2D eigenvalue weighted by molar-refractivity contribution is 6.09. The fourth-order valence-electron chi connectivity index (χ4n) is 2.85. The van der Waals surface area contributed by atoms with Crippen LogP contribution in [0.15, 0.2) is 72.8 Å². The monoisotopic (exact) mass is 432 g/mol. The Hall–Kier alpha value is -4.54. The number of benzene rings is 3. The van der Waals surface area contributed by atoms with E-state index in [2.05, 4.69) is 10.6 Å². The van der Waals surface area contributed by atoms with Gasteiger partial charge in [0.05, 0.1) is 0 Å². The van der Waals surface area contributed by atoms with E-state index >= 15 is 0 Å². The van der Waals surface area contributed by atoms with Crippen LogP contribution in [0.5, 0.6) is 0 Å². The fraction of sp³-hybridized carbons (Fsp3) is 0. The summed E-state index contributed by atoms with van der Waals surface area (Å²) in [5, 5.41) is 5.34. The van der Waals surface area contributed by atoms with Crippen molar-refractivity contribution in [1.29, 1.82) is 0 Å². The zero-order valence-corrected chi connectivity index (χ0v) is 16.7. The lowest BCUT2D eigenvalue weighted by molar-refractivity contribution is 0.0945. The van der Waals surface area contributed by atoms with Crippen molar-refractivity contribution in [2.45, 2.75) is 0 Å². The molecule has 0 saturated heterocycles. The van der Waals surface area contributed by atoms with E-state index in [1.165, 1.54) is 18.2 Å². The normalized spacial score (nSPS) is 10.1. The van der Waals surface area contributed by atoms with Gasteiger partial charge in [-0.2, -0.15) is 0 Å². The first-order valence-corrected chi connectivity index (χ1v) is 9.36. The second kappa shape index (κ2) is 9.98. The number of nitrogens with two attached hydrogens (primary N) is 2. The topological polar surface area (TPSA) is 168 Å². The molecule has 0 atom stereocenters. The molecule has 0 spiro atoms. The molecule has 8 N–H and O–H groups in total. The molecule has 0 aliphatic carbocycles. The van der Waals surface area contributed by atoms with Crippen LogP contribution in [0.1, 0.15) is 41.4 Å². The van der Waals surface area contributed by atoms with Gasteiger partial charge in [0.2, 0.25) is 0 Å². The molecule has 10 nitrogen and oxygen atoms in total. The van der Waals surface area contributed by atoms with E-state index in [0.717, 1.165) is 0 Å². The largest absolute Gasteiger partial charge is 0.322 e. The third kappa shape index (κ3) is 5.33. The average Bonchev–Trinajstić information content (AvgIpc) is 2.83. The molecular formula is C22H20N6O4. The number of anilines is 2. The molecule has 3 rings (SSSR count). The molecule has 0 fully saturated rings. The molecule has 0 aliphatic heterocycles. The highest BCUT2D eigenvalue weighted by Crippen LogP contribution is 2.15. The second-order valence-corrected chi connectivity index (χ2v) is 6.60. The van der Waals surface area contributed by atoms with Crippen LogP contribution in [-0.2, 0) is 0 Å². The van der Waals surface area contributed by atoms with Crippen molar-refractivity contribution in [3.8, 4) is 0 Å². The predicted octanol–water partition coefficient (Wildman–Crippen LogP) is 1.40. The van der Waals surface area contributed by atoms with Crippen LogP contribution in [0.3, 0.4) is 0 Å². The second-order valence-electron chi connectivity index (χ2n) is 6.60. The first-order valence-electron chi connectivity index (χ1n) is 9.36. The lowest BCUT2D eigenvalue weighted by Gasteiger charge is -2.09. The van der Waals surface area contributed by atoms with Gasteiger partial charge in [0.25, 0.3) is 23.6 Å². The number of hydrogen-bond acceptors (Lipinski definition) is 6. The van der Waals surface area contributed by atoms with Crippen molar-refractivity contribution in [3.63, 3.8) is 0 Å². The van der Waals surface area contributed by atoms with Crippen LogP contribution >= 0.6 is 0 Å². The number of amides is 4. The summed E-state index contributed by atoms with van der Waals surface area (Å²) in [6, 6.07) is 18.6. The summed E-state index contributed by atoms with van der Waals surface area (Å²) in [5.41, 5.74) is 5.86. The molecule has 10 heteroatoms. The van der Waals surface area contributed by atoms with Crippen LogP contribution < -0.4 is 33.2 Å². The molecular weight excluding hydrogens is 412 g/mol. The third-order valence-corrected chi connectivity index (χ3v) is 4.41. The molecule has 0 heterocycles. The molecule has 3 aromatic carbocycles. The van der Waals surface area contributed by atoms with Crippen LogP contribution in [0.25, 0.3) is 0 Å². The van der Waals surface area contributed by atoms with Crippen molar-refractivity contribution >= 4 is 35.0 Å². The van der Waals surface area contributed by atoms with Crippen molar-refractivity contribution < 1.29 is 19.2 Å². The number of nitrogen functional groups attached to an aromatic ring is 2. The maximum atomic E-state index is 12.6. The summed E-state index contributed by atoms with van der Waals surface area (Å²) < 4.78 is 0. The van der Waals surface area contributed by atoms with E-state index < -0.39 is 23.6 Å². The van der Waals surface area contributed by atoms with Crippen molar-refractivity contribution in [3.05, 3.63) is 95.1 Å². The van der Waals surface area contributed by atoms with Crippen LogP contribution in [0.4, 0.5) is 11.4 Å². The zero-order valence-electron chi connectivity index (χ0n) is 16.7. The number of hydrazine groups is 2. The fourth-order valence-corrected chi connectivity index (χ4v) is 2.85. The quantitative estimate of drug-likeness (QED) is 0.195. The lowest BCUT2D eigenvalue weighted by Crippen LogP contribution is -2.30. The number of carbonyl (C=O) groups excluding carboxylic acids is 4. The molecule has 0 aliphatic rings. The van der Waals surface area contributed by atoms with Crippen molar-refractivity contribution in [2.75, 3.05) is 10.6 Å². The number of rotatable bonds is 6. The predicted molar refractivity (Wildman–Crippen MR) is 119 cm³/mol. The number of hydrogen-bond donors (Lipinski definition) is 6. The van der Waals surface area contributed by atoms with E-state index in [0.29, 0.717) is 11.4 Å². The summed E-state index contributed by atoms with van der Waals surface area (Å²) >= 11 is 0. The summed E-state index contributed by atoms with van der Waals surface area (Å²) in [4.78, 5) is 48.5. The maximum absolute atomic E-state index is 12.6. The minimum Gasteiger partial charge on any atom is -0.322 e. The average molecular weight is 432 g/mol.